The van der Waals surface area contributed by atoms with E-state index in [0.717, 1.165) is 11.3 Å². The summed E-state index contributed by atoms with van der Waals surface area (Å²) in [6, 6.07) is -0.676. The molecule has 0 aromatic heterocycles. The van der Waals surface area contributed by atoms with Crippen molar-refractivity contribution in [1.82, 2.24) is 10.2 Å². The third-order valence-electron chi connectivity index (χ3n) is 3.33. The smallest absolute Gasteiger partial charge is 0.351 e. The number of carbonyl (C=O) groups excluding carboxylic acids is 3. The van der Waals surface area contributed by atoms with E-state index >= 15 is 0 Å². The Morgan fingerprint density at radius 3 is 2.86 bits per heavy atom. The maximum absolute atomic E-state index is 12.2. The highest BCUT2D eigenvalue weighted by molar-refractivity contribution is 6.22. The zero-order chi connectivity index (χ0) is 15.4. The van der Waals surface area contributed by atoms with Gasteiger partial charge in [-0.05, 0) is 18.4 Å². The number of hydrogen-bond donors (Lipinski definition) is 1. The second kappa shape index (κ2) is 6.47. The lowest BCUT2D eigenvalue weighted by Crippen LogP contribution is -2.50. The van der Waals surface area contributed by atoms with Crippen LogP contribution in [-0.4, -0.2) is 41.5 Å². The summed E-state index contributed by atoms with van der Waals surface area (Å²) in [6.07, 6.45) is 7.63. The van der Waals surface area contributed by atoms with Crippen LogP contribution in [0.25, 0.3) is 0 Å². The van der Waals surface area contributed by atoms with Gasteiger partial charge in [0.05, 0.1) is 11.6 Å². The van der Waals surface area contributed by atoms with Crippen LogP contribution in [0.3, 0.4) is 0 Å². The molecule has 0 radical (unpaired) electrons. The standard InChI is InChI=1S/C15H19N3O3/c1-10(2)7-8-16-13(19)9-18-14(20)11-5-3-4-6-12(11)17-15(18)21/h3-6,10-11H,7-9H2,1-2H3,(H,16,19). The van der Waals surface area contributed by atoms with Crippen molar-refractivity contribution in [2.24, 2.45) is 16.8 Å². The van der Waals surface area contributed by atoms with E-state index in [-0.39, 0.29) is 12.5 Å². The van der Waals surface area contributed by atoms with E-state index in [4.69, 9.17) is 0 Å². The number of carbonyl (C=O) groups is 3. The number of imide groups is 1. The SMILES string of the molecule is CC(C)CCNC(=O)CN1C(=O)N=C2C=CC=CC2C1=O. The summed E-state index contributed by atoms with van der Waals surface area (Å²) in [5.74, 6) is -0.818. The van der Waals surface area contributed by atoms with Crippen molar-refractivity contribution in [2.75, 3.05) is 13.1 Å². The van der Waals surface area contributed by atoms with Crippen LogP contribution < -0.4 is 5.32 Å². The Morgan fingerprint density at radius 2 is 2.14 bits per heavy atom. The average molecular weight is 289 g/mol. The van der Waals surface area contributed by atoms with Crippen LogP contribution in [-0.2, 0) is 9.59 Å². The van der Waals surface area contributed by atoms with Gasteiger partial charge >= 0.3 is 6.03 Å². The molecule has 21 heavy (non-hydrogen) atoms. The molecule has 0 saturated heterocycles. The molecule has 0 saturated carbocycles. The van der Waals surface area contributed by atoms with Crippen LogP contribution in [0.4, 0.5) is 4.79 Å². The predicted molar refractivity (Wildman–Crippen MR) is 78.8 cm³/mol. The first-order valence-electron chi connectivity index (χ1n) is 7.04. The highest BCUT2D eigenvalue weighted by atomic mass is 16.2. The van der Waals surface area contributed by atoms with Gasteiger partial charge in [0.2, 0.25) is 11.8 Å². The van der Waals surface area contributed by atoms with Crippen molar-refractivity contribution >= 4 is 23.6 Å². The van der Waals surface area contributed by atoms with Gasteiger partial charge in [0, 0.05) is 6.54 Å². The molecule has 0 bridgehead atoms. The second-order valence-electron chi connectivity index (χ2n) is 5.50. The molecule has 2 rings (SSSR count). The molecule has 1 aliphatic carbocycles. The van der Waals surface area contributed by atoms with Gasteiger partial charge in [0.1, 0.15) is 6.54 Å². The van der Waals surface area contributed by atoms with E-state index in [1.807, 2.05) is 0 Å². The van der Waals surface area contributed by atoms with Gasteiger partial charge in [-0.3, -0.25) is 14.5 Å². The molecule has 1 aliphatic heterocycles. The molecule has 0 aromatic rings. The van der Waals surface area contributed by atoms with Crippen molar-refractivity contribution in [3.63, 3.8) is 0 Å². The second-order valence-corrected chi connectivity index (χ2v) is 5.50. The van der Waals surface area contributed by atoms with Crippen LogP contribution in [0.5, 0.6) is 0 Å². The maximum atomic E-state index is 12.2. The summed E-state index contributed by atoms with van der Waals surface area (Å²) >= 11 is 0. The minimum Gasteiger partial charge on any atom is -0.355 e. The molecule has 0 fully saturated rings. The number of aliphatic imine (C=N–C) groups is 1. The van der Waals surface area contributed by atoms with E-state index in [9.17, 15) is 14.4 Å². The van der Waals surface area contributed by atoms with Crippen molar-refractivity contribution in [1.29, 1.82) is 0 Å². The number of urea groups is 1. The highest BCUT2D eigenvalue weighted by Crippen LogP contribution is 2.19. The molecule has 6 nitrogen and oxygen atoms in total. The quantitative estimate of drug-likeness (QED) is 0.828. The predicted octanol–water partition coefficient (Wildman–Crippen LogP) is 1.29. The molecule has 0 aromatic carbocycles. The Bertz CT molecular complexity index is 546. The van der Waals surface area contributed by atoms with Crippen LogP contribution in [0.2, 0.25) is 0 Å². The first-order valence-corrected chi connectivity index (χ1v) is 7.04. The van der Waals surface area contributed by atoms with Crippen LogP contribution >= 0.6 is 0 Å². The van der Waals surface area contributed by atoms with E-state index in [0.29, 0.717) is 18.2 Å². The molecule has 4 amide bonds. The maximum Gasteiger partial charge on any atom is 0.351 e. The van der Waals surface area contributed by atoms with Gasteiger partial charge in [0.15, 0.2) is 0 Å². The molecule has 0 spiro atoms. The van der Waals surface area contributed by atoms with Crippen LogP contribution in [0.1, 0.15) is 20.3 Å². The van der Waals surface area contributed by atoms with Crippen LogP contribution in [0, 0.1) is 11.8 Å². The van der Waals surface area contributed by atoms with E-state index < -0.39 is 17.9 Å². The monoisotopic (exact) mass is 289 g/mol. The normalized spacial score (nSPS) is 20.6. The minimum atomic E-state index is -0.676. The zero-order valence-corrected chi connectivity index (χ0v) is 12.2. The molecule has 1 unspecified atom stereocenters. The molecule has 1 N–H and O–H groups in total. The Kier molecular flexibility index (Phi) is 4.67. The molecule has 1 atom stereocenters. The molecular formula is C15H19N3O3. The fraction of sp³-hybridized carbons (Fsp3) is 0.467. The molecule has 2 aliphatic rings. The number of hydrogen-bond acceptors (Lipinski definition) is 3. The zero-order valence-electron chi connectivity index (χ0n) is 12.2. The third kappa shape index (κ3) is 3.65. The lowest BCUT2D eigenvalue weighted by atomic mass is 9.95. The summed E-state index contributed by atoms with van der Waals surface area (Å²) < 4.78 is 0. The van der Waals surface area contributed by atoms with Gasteiger partial charge < -0.3 is 5.32 Å². The summed E-state index contributed by atoms with van der Waals surface area (Å²) in [5, 5.41) is 2.71. The van der Waals surface area contributed by atoms with Crippen molar-refractivity contribution in [3.05, 3.63) is 24.3 Å². The Labute approximate surface area is 123 Å². The molecule has 1 heterocycles. The summed E-state index contributed by atoms with van der Waals surface area (Å²) in [7, 11) is 0. The van der Waals surface area contributed by atoms with Crippen molar-refractivity contribution in [3.8, 4) is 0 Å². The Morgan fingerprint density at radius 1 is 1.38 bits per heavy atom. The highest BCUT2D eigenvalue weighted by Gasteiger charge is 2.36. The van der Waals surface area contributed by atoms with Crippen molar-refractivity contribution in [2.45, 2.75) is 20.3 Å². The number of nitrogens with zero attached hydrogens (tertiary/aromatic N) is 2. The van der Waals surface area contributed by atoms with Crippen molar-refractivity contribution < 1.29 is 14.4 Å². The fourth-order valence-electron chi connectivity index (χ4n) is 2.13. The fourth-order valence-corrected chi connectivity index (χ4v) is 2.13. The van der Waals surface area contributed by atoms with Crippen LogP contribution in [0.15, 0.2) is 29.3 Å². The van der Waals surface area contributed by atoms with Gasteiger partial charge in [-0.15, -0.1) is 0 Å². The lowest BCUT2D eigenvalue weighted by molar-refractivity contribution is -0.134. The van der Waals surface area contributed by atoms with E-state index in [1.165, 1.54) is 0 Å². The number of fused-ring (bicyclic) bond motifs is 1. The summed E-state index contributed by atoms with van der Waals surface area (Å²) in [4.78, 5) is 40.7. The van der Waals surface area contributed by atoms with Gasteiger partial charge in [-0.25, -0.2) is 4.79 Å². The van der Waals surface area contributed by atoms with E-state index in [2.05, 4.69) is 24.2 Å². The number of rotatable bonds is 5. The summed E-state index contributed by atoms with van der Waals surface area (Å²) in [5.41, 5.74) is 0.434. The Balaban J connectivity index is 1.97. The molecule has 112 valence electrons. The molecule has 6 heteroatoms. The third-order valence-corrected chi connectivity index (χ3v) is 3.33. The number of amides is 4. The number of allylic oxidation sites excluding steroid dienone is 3. The number of nitrogens with one attached hydrogen (secondary N) is 1. The van der Waals surface area contributed by atoms with Gasteiger partial charge in [-0.2, -0.15) is 4.99 Å². The lowest BCUT2D eigenvalue weighted by Gasteiger charge is -2.27. The largest absolute Gasteiger partial charge is 0.355 e. The minimum absolute atomic E-state index is 0.277. The van der Waals surface area contributed by atoms with Gasteiger partial charge in [0.25, 0.3) is 0 Å². The van der Waals surface area contributed by atoms with E-state index in [1.54, 1.807) is 24.3 Å². The van der Waals surface area contributed by atoms with Gasteiger partial charge in [-0.1, -0.05) is 32.1 Å². The molecular weight excluding hydrogens is 270 g/mol. The topological polar surface area (TPSA) is 78.8 Å². The summed E-state index contributed by atoms with van der Waals surface area (Å²) in [6.45, 7) is 4.37. The first kappa shape index (κ1) is 15.2. The first-order chi connectivity index (χ1) is 9.99. The average Bonchev–Trinajstić information content (AvgIpc) is 2.43. The Hall–Kier alpha value is -2.24.